The van der Waals surface area contributed by atoms with Gasteiger partial charge in [-0.1, -0.05) is 37.3 Å². The number of benzene rings is 3. The van der Waals surface area contributed by atoms with Crippen LogP contribution in [0.4, 0.5) is 5.69 Å². The Hall–Kier alpha value is -4.05. The van der Waals surface area contributed by atoms with Gasteiger partial charge in [-0.2, -0.15) is 0 Å². The van der Waals surface area contributed by atoms with E-state index in [9.17, 15) is 18.0 Å². The van der Waals surface area contributed by atoms with Crippen molar-refractivity contribution in [2.75, 3.05) is 25.1 Å². The molecule has 0 aromatic heterocycles. The number of rotatable bonds is 13. The fourth-order valence-corrected chi connectivity index (χ4v) is 5.45. The van der Waals surface area contributed by atoms with Gasteiger partial charge in [0.15, 0.2) is 0 Å². The smallest absolute Gasteiger partial charge is 0.264 e. The summed E-state index contributed by atoms with van der Waals surface area (Å²) in [6, 6.07) is 20.6. The molecule has 10 heteroatoms. The Bertz CT molecular complexity index is 1380. The average Bonchev–Trinajstić information content (AvgIpc) is 2.98. The van der Waals surface area contributed by atoms with Gasteiger partial charge in [-0.3, -0.25) is 13.9 Å². The average molecular weight is 568 g/mol. The van der Waals surface area contributed by atoms with E-state index in [1.807, 2.05) is 19.9 Å². The van der Waals surface area contributed by atoms with Gasteiger partial charge in [0.25, 0.3) is 10.0 Å². The number of ether oxygens (including phenoxy) is 2. The lowest BCUT2D eigenvalue weighted by Gasteiger charge is -2.32. The van der Waals surface area contributed by atoms with Gasteiger partial charge in [0, 0.05) is 12.6 Å². The number of carbonyl (C=O) groups excluding carboxylic acids is 2. The number of nitrogens with zero attached hydrogens (tertiary/aromatic N) is 2. The van der Waals surface area contributed by atoms with Crippen LogP contribution in [0.2, 0.25) is 0 Å². The van der Waals surface area contributed by atoms with E-state index in [4.69, 9.17) is 9.47 Å². The predicted molar refractivity (Wildman–Crippen MR) is 155 cm³/mol. The number of sulfonamides is 1. The summed E-state index contributed by atoms with van der Waals surface area (Å²) in [6.07, 6.45) is 0.725. The number of amides is 2. The van der Waals surface area contributed by atoms with E-state index in [0.29, 0.717) is 11.5 Å². The van der Waals surface area contributed by atoms with E-state index in [1.165, 1.54) is 24.1 Å². The Morgan fingerprint density at radius 3 is 2.12 bits per heavy atom. The molecule has 3 rings (SSSR count). The van der Waals surface area contributed by atoms with Gasteiger partial charge in [0.1, 0.15) is 24.1 Å². The number of carbonyl (C=O) groups is 2. The lowest BCUT2D eigenvalue weighted by molar-refractivity contribution is -0.139. The SMILES string of the molecule is CC[C@@H](C)NC(=O)[C@H](C)N(Cc1cccc(OC)c1)C(=O)CN(c1ccc(OC)cc1)S(=O)(=O)c1ccccc1. The molecule has 0 heterocycles. The molecule has 0 bridgehead atoms. The molecule has 0 aliphatic heterocycles. The highest BCUT2D eigenvalue weighted by atomic mass is 32.2. The summed E-state index contributed by atoms with van der Waals surface area (Å²) in [5, 5.41) is 2.92. The number of methoxy groups -OCH3 is 2. The Labute approximate surface area is 236 Å². The van der Waals surface area contributed by atoms with Crippen LogP contribution in [0.15, 0.2) is 83.8 Å². The van der Waals surface area contributed by atoms with Gasteiger partial charge < -0.3 is 19.7 Å². The van der Waals surface area contributed by atoms with Crippen LogP contribution in [-0.4, -0.2) is 58.0 Å². The standard InChI is InChI=1S/C30H37N3O6S/c1-6-22(2)31-30(35)23(3)32(20-24-11-10-12-27(19-24)39-5)29(34)21-33(25-15-17-26(38-4)18-16-25)40(36,37)28-13-8-7-9-14-28/h7-19,22-23H,6,20-21H2,1-5H3,(H,31,35)/t22-,23+/m1/s1. The monoisotopic (exact) mass is 567 g/mol. The zero-order valence-corrected chi connectivity index (χ0v) is 24.4. The maximum Gasteiger partial charge on any atom is 0.264 e. The Balaban J connectivity index is 2.02. The molecule has 9 nitrogen and oxygen atoms in total. The normalized spacial score (nSPS) is 12.6. The van der Waals surface area contributed by atoms with Crippen molar-refractivity contribution in [3.63, 3.8) is 0 Å². The van der Waals surface area contributed by atoms with Crippen molar-refractivity contribution in [3.8, 4) is 11.5 Å². The van der Waals surface area contributed by atoms with E-state index in [0.717, 1.165) is 16.3 Å². The second kappa shape index (κ2) is 13.8. The first-order valence-corrected chi connectivity index (χ1v) is 14.5. The van der Waals surface area contributed by atoms with Gasteiger partial charge in [-0.15, -0.1) is 0 Å². The molecule has 2 atom stereocenters. The number of anilines is 1. The van der Waals surface area contributed by atoms with Crippen molar-refractivity contribution in [2.45, 2.75) is 50.7 Å². The lowest BCUT2D eigenvalue weighted by atomic mass is 10.1. The molecule has 0 fully saturated rings. The lowest BCUT2D eigenvalue weighted by Crippen LogP contribution is -2.52. The Morgan fingerprint density at radius 1 is 0.875 bits per heavy atom. The Kier molecular flexibility index (Phi) is 10.6. The summed E-state index contributed by atoms with van der Waals surface area (Å²) in [7, 11) is -1.07. The van der Waals surface area contributed by atoms with Crippen LogP contribution >= 0.6 is 0 Å². The summed E-state index contributed by atoms with van der Waals surface area (Å²) in [5.41, 5.74) is 1.02. The van der Waals surface area contributed by atoms with Gasteiger partial charge in [0.05, 0.1) is 24.8 Å². The first-order valence-electron chi connectivity index (χ1n) is 13.0. The van der Waals surface area contributed by atoms with E-state index in [-0.39, 0.29) is 29.1 Å². The van der Waals surface area contributed by atoms with Crippen molar-refractivity contribution in [2.24, 2.45) is 0 Å². The summed E-state index contributed by atoms with van der Waals surface area (Å²) in [4.78, 5) is 28.5. The molecule has 40 heavy (non-hydrogen) atoms. The number of hydrogen-bond acceptors (Lipinski definition) is 6. The summed E-state index contributed by atoms with van der Waals surface area (Å²) < 4.78 is 39.2. The molecule has 3 aromatic carbocycles. The second-order valence-electron chi connectivity index (χ2n) is 9.39. The summed E-state index contributed by atoms with van der Waals surface area (Å²) in [5.74, 6) is 0.285. The zero-order chi connectivity index (χ0) is 29.3. The van der Waals surface area contributed by atoms with E-state index in [1.54, 1.807) is 74.7 Å². The maximum absolute atomic E-state index is 14.0. The summed E-state index contributed by atoms with van der Waals surface area (Å²) >= 11 is 0. The van der Waals surface area contributed by atoms with Crippen molar-refractivity contribution in [1.29, 1.82) is 0 Å². The fraction of sp³-hybridized carbons (Fsp3) is 0.333. The minimum Gasteiger partial charge on any atom is -0.497 e. The van der Waals surface area contributed by atoms with E-state index in [2.05, 4.69) is 5.32 Å². The molecule has 0 saturated carbocycles. The molecular weight excluding hydrogens is 530 g/mol. The second-order valence-corrected chi connectivity index (χ2v) is 11.3. The third-order valence-corrected chi connectivity index (χ3v) is 8.41. The first kappa shape index (κ1) is 30.5. The van der Waals surface area contributed by atoms with Gasteiger partial charge in [-0.25, -0.2) is 8.42 Å². The van der Waals surface area contributed by atoms with Crippen LogP contribution in [-0.2, 0) is 26.2 Å². The molecule has 0 aliphatic rings. The molecule has 0 saturated heterocycles. The van der Waals surface area contributed by atoms with Crippen LogP contribution in [0.25, 0.3) is 0 Å². The minimum atomic E-state index is -4.13. The highest BCUT2D eigenvalue weighted by molar-refractivity contribution is 7.92. The van der Waals surface area contributed by atoms with Crippen molar-refractivity contribution >= 4 is 27.5 Å². The van der Waals surface area contributed by atoms with E-state index < -0.39 is 28.5 Å². The predicted octanol–water partition coefficient (Wildman–Crippen LogP) is 4.23. The minimum absolute atomic E-state index is 0.0422. The molecule has 0 radical (unpaired) electrons. The molecule has 0 aliphatic carbocycles. The van der Waals surface area contributed by atoms with Crippen LogP contribution in [0.3, 0.4) is 0 Å². The molecule has 214 valence electrons. The highest BCUT2D eigenvalue weighted by Gasteiger charge is 2.32. The summed E-state index contributed by atoms with van der Waals surface area (Å²) in [6.45, 7) is 5.04. The molecular formula is C30H37N3O6S. The van der Waals surface area contributed by atoms with Crippen LogP contribution in [0.5, 0.6) is 11.5 Å². The van der Waals surface area contributed by atoms with Crippen LogP contribution in [0, 0.1) is 0 Å². The molecule has 2 amide bonds. The molecule has 0 spiro atoms. The molecule has 0 unspecified atom stereocenters. The van der Waals surface area contributed by atoms with Crippen LogP contribution in [0.1, 0.15) is 32.8 Å². The van der Waals surface area contributed by atoms with Crippen molar-refractivity contribution in [3.05, 3.63) is 84.4 Å². The van der Waals surface area contributed by atoms with Crippen LogP contribution < -0.4 is 19.1 Å². The quantitative estimate of drug-likeness (QED) is 0.332. The highest BCUT2D eigenvalue weighted by Crippen LogP contribution is 2.26. The van der Waals surface area contributed by atoms with Gasteiger partial charge >= 0.3 is 0 Å². The fourth-order valence-electron chi connectivity index (χ4n) is 4.01. The maximum atomic E-state index is 14.0. The molecule has 1 N–H and O–H groups in total. The number of nitrogens with one attached hydrogen (secondary N) is 1. The Morgan fingerprint density at radius 2 is 1.52 bits per heavy atom. The number of hydrogen-bond donors (Lipinski definition) is 1. The van der Waals surface area contributed by atoms with Gasteiger partial charge in [0.2, 0.25) is 11.8 Å². The first-order chi connectivity index (χ1) is 19.1. The van der Waals surface area contributed by atoms with Gasteiger partial charge in [-0.05, 0) is 74.4 Å². The van der Waals surface area contributed by atoms with Crippen molar-refractivity contribution < 1.29 is 27.5 Å². The topological polar surface area (TPSA) is 105 Å². The third-order valence-electron chi connectivity index (χ3n) is 6.63. The third kappa shape index (κ3) is 7.53. The zero-order valence-electron chi connectivity index (χ0n) is 23.5. The van der Waals surface area contributed by atoms with Crippen molar-refractivity contribution in [1.82, 2.24) is 10.2 Å². The molecule has 3 aromatic rings. The largest absolute Gasteiger partial charge is 0.497 e. The van der Waals surface area contributed by atoms with E-state index >= 15 is 0 Å².